The van der Waals surface area contributed by atoms with E-state index in [0.29, 0.717) is 13.1 Å². The second-order valence-electron chi connectivity index (χ2n) is 8.06. The van der Waals surface area contributed by atoms with Crippen molar-refractivity contribution in [3.05, 3.63) is 29.8 Å². The zero-order chi connectivity index (χ0) is 19.9. The fourth-order valence-electron chi connectivity index (χ4n) is 2.94. The summed E-state index contributed by atoms with van der Waals surface area (Å²) in [6, 6.07) is 8.21. The van der Waals surface area contributed by atoms with Crippen LogP contribution in [0.15, 0.2) is 24.3 Å². The van der Waals surface area contributed by atoms with E-state index >= 15 is 0 Å². The molecule has 2 atom stereocenters. The molecule has 7 heteroatoms. The highest BCUT2D eigenvalue weighted by atomic mass is 16.6. The van der Waals surface area contributed by atoms with E-state index in [-0.39, 0.29) is 18.7 Å². The van der Waals surface area contributed by atoms with E-state index in [1.807, 2.05) is 45.0 Å². The Balaban J connectivity index is 1.77. The fraction of sp³-hybridized carbons (Fsp3) is 0.650. The van der Waals surface area contributed by atoms with Crippen molar-refractivity contribution < 1.29 is 19.7 Å². The van der Waals surface area contributed by atoms with Crippen molar-refractivity contribution in [1.82, 2.24) is 10.2 Å². The molecule has 0 radical (unpaired) electrons. The van der Waals surface area contributed by atoms with Gasteiger partial charge in [-0.1, -0.05) is 12.1 Å². The van der Waals surface area contributed by atoms with Gasteiger partial charge in [0.2, 0.25) is 0 Å². The van der Waals surface area contributed by atoms with Crippen LogP contribution < -0.4 is 10.6 Å². The minimum absolute atomic E-state index is 0.241. The third-order valence-corrected chi connectivity index (χ3v) is 4.37. The van der Waals surface area contributed by atoms with Crippen LogP contribution in [0.1, 0.15) is 39.2 Å². The van der Waals surface area contributed by atoms with Gasteiger partial charge in [0.15, 0.2) is 0 Å². The summed E-state index contributed by atoms with van der Waals surface area (Å²) in [5.74, 6) is 0. The number of anilines is 1. The average molecular weight is 380 g/mol. The fourth-order valence-corrected chi connectivity index (χ4v) is 2.94. The molecule has 1 aliphatic heterocycles. The van der Waals surface area contributed by atoms with E-state index in [4.69, 9.17) is 9.84 Å². The van der Waals surface area contributed by atoms with Crippen molar-refractivity contribution in [3.8, 4) is 0 Å². The number of nitrogens with zero attached hydrogens (tertiary/aromatic N) is 1. The molecule has 27 heavy (non-hydrogen) atoms. The number of hydrogen-bond acceptors (Lipinski definition) is 6. The number of carbonyl (C=O) groups is 1. The van der Waals surface area contributed by atoms with E-state index in [1.54, 1.807) is 4.90 Å². The summed E-state index contributed by atoms with van der Waals surface area (Å²) in [6.07, 6.45) is 1.00. The van der Waals surface area contributed by atoms with E-state index in [0.717, 1.165) is 37.2 Å². The number of amides is 1. The molecule has 1 heterocycles. The normalized spacial score (nSPS) is 18.9. The van der Waals surface area contributed by atoms with Crippen LogP contribution in [0.4, 0.5) is 10.5 Å². The number of aliphatic hydroxyl groups excluding tert-OH is 2. The molecule has 1 aromatic carbocycles. The van der Waals surface area contributed by atoms with Crippen molar-refractivity contribution in [1.29, 1.82) is 0 Å². The lowest BCUT2D eigenvalue weighted by Gasteiger charge is -2.34. The topological polar surface area (TPSA) is 94.1 Å². The third-order valence-electron chi connectivity index (χ3n) is 4.37. The standard InChI is InChI=1S/C20H33N3O4/c1-20(2,3)27-19(26)23-10-4-5-17(13-23)21-11-15-6-8-16(9-7-15)22-12-18(25)14-24/h6-9,17-18,21-22,24-25H,4-5,10-14H2,1-3H3. The van der Waals surface area contributed by atoms with Gasteiger partial charge in [0.05, 0.1) is 12.7 Å². The lowest BCUT2D eigenvalue weighted by molar-refractivity contribution is 0.0187. The van der Waals surface area contributed by atoms with Crippen LogP contribution in [0.25, 0.3) is 0 Å². The van der Waals surface area contributed by atoms with E-state index in [2.05, 4.69) is 10.6 Å². The van der Waals surface area contributed by atoms with Gasteiger partial charge < -0.3 is 30.5 Å². The average Bonchev–Trinajstić information content (AvgIpc) is 2.64. The maximum atomic E-state index is 12.2. The third kappa shape index (κ3) is 7.74. The summed E-state index contributed by atoms with van der Waals surface area (Å²) >= 11 is 0. The van der Waals surface area contributed by atoms with Crippen molar-refractivity contribution in [2.24, 2.45) is 0 Å². The van der Waals surface area contributed by atoms with E-state index < -0.39 is 11.7 Å². The maximum Gasteiger partial charge on any atom is 0.410 e. The van der Waals surface area contributed by atoms with Gasteiger partial charge in [-0.3, -0.25) is 0 Å². The summed E-state index contributed by atoms with van der Waals surface area (Å²) in [4.78, 5) is 14.0. The molecular formula is C20H33N3O4. The number of ether oxygens (including phenoxy) is 1. The van der Waals surface area contributed by atoms with E-state index in [9.17, 15) is 9.90 Å². The van der Waals surface area contributed by atoms with Gasteiger partial charge in [0.1, 0.15) is 5.60 Å². The van der Waals surface area contributed by atoms with Gasteiger partial charge in [-0.15, -0.1) is 0 Å². The minimum Gasteiger partial charge on any atom is -0.444 e. The molecule has 1 aromatic rings. The highest BCUT2D eigenvalue weighted by Gasteiger charge is 2.27. The van der Waals surface area contributed by atoms with Crippen molar-refractivity contribution >= 4 is 11.8 Å². The highest BCUT2D eigenvalue weighted by Crippen LogP contribution is 2.16. The lowest BCUT2D eigenvalue weighted by Crippen LogP contribution is -2.49. The second kappa shape index (κ2) is 9.92. The van der Waals surface area contributed by atoms with Gasteiger partial charge in [0, 0.05) is 37.9 Å². The monoisotopic (exact) mass is 379 g/mol. The summed E-state index contributed by atoms with van der Waals surface area (Å²) in [7, 11) is 0. The molecule has 1 fully saturated rings. The molecule has 152 valence electrons. The largest absolute Gasteiger partial charge is 0.444 e. The Hall–Kier alpha value is -1.83. The van der Waals surface area contributed by atoms with Crippen molar-refractivity contribution in [2.75, 3.05) is 31.6 Å². The van der Waals surface area contributed by atoms with Gasteiger partial charge in [-0.25, -0.2) is 4.79 Å². The van der Waals surface area contributed by atoms with Crippen LogP contribution in [0.2, 0.25) is 0 Å². The maximum absolute atomic E-state index is 12.2. The van der Waals surface area contributed by atoms with Gasteiger partial charge in [-0.05, 0) is 51.3 Å². The van der Waals surface area contributed by atoms with Crippen LogP contribution in [0.5, 0.6) is 0 Å². The van der Waals surface area contributed by atoms with Crippen LogP contribution in [-0.2, 0) is 11.3 Å². The van der Waals surface area contributed by atoms with Crippen LogP contribution >= 0.6 is 0 Å². The summed E-state index contributed by atoms with van der Waals surface area (Å²) < 4.78 is 5.47. The van der Waals surface area contributed by atoms with Gasteiger partial charge >= 0.3 is 6.09 Å². The first kappa shape index (κ1) is 21.5. The summed E-state index contributed by atoms with van der Waals surface area (Å²) in [6.45, 7) is 7.84. The number of carbonyl (C=O) groups excluding carboxylic acids is 1. The van der Waals surface area contributed by atoms with Gasteiger partial charge in [0.25, 0.3) is 0 Å². The van der Waals surface area contributed by atoms with Crippen molar-refractivity contribution in [3.63, 3.8) is 0 Å². The molecule has 2 rings (SSSR count). The number of rotatable bonds is 7. The molecule has 1 aliphatic rings. The zero-order valence-electron chi connectivity index (χ0n) is 16.6. The molecule has 0 bridgehead atoms. The molecular weight excluding hydrogens is 346 g/mol. The minimum atomic E-state index is -0.759. The Bertz CT molecular complexity index is 586. The molecule has 4 N–H and O–H groups in total. The predicted molar refractivity (Wildman–Crippen MR) is 106 cm³/mol. The number of aliphatic hydroxyl groups is 2. The highest BCUT2D eigenvalue weighted by molar-refractivity contribution is 5.68. The molecule has 1 saturated heterocycles. The Morgan fingerprint density at radius 2 is 2.04 bits per heavy atom. The molecule has 0 aromatic heterocycles. The van der Waals surface area contributed by atoms with Crippen LogP contribution in [0, 0.1) is 0 Å². The zero-order valence-corrected chi connectivity index (χ0v) is 16.6. The second-order valence-corrected chi connectivity index (χ2v) is 8.06. The summed E-state index contributed by atoms with van der Waals surface area (Å²) in [5.41, 5.74) is 1.58. The predicted octanol–water partition coefficient (Wildman–Crippen LogP) is 1.94. The number of benzene rings is 1. The lowest BCUT2D eigenvalue weighted by atomic mass is 10.1. The first-order valence-electron chi connectivity index (χ1n) is 9.60. The Morgan fingerprint density at radius 3 is 2.67 bits per heavy atom. The number of hydrogen-bond donors (Lipinski definition) is 4. The number of piperidine rings is 1. The van der Waals surface area contributed by atoms with Gasteiger partial charge in [-0.2, -0.15) is 0 Å². The first-order valence-corrected chi connectivity index (χ1v) is 9.60. The van der Waals surface area contributed by atoms with Crippen LogP contribution in [-0.4, -0.2) is 65.2 Å². The van der Waals surface area contributed by atoms with E-state index in [1.165, 1.54) is 0 Å². The quantitative estimate of drug-likeness (QED) is 0.578. The molecule has 0 aliphatic carbocycles. The molecule has 0 spiro atoms. The Kier molecular flexibility index (Phi) is 7.89. The molecule has 0 saturated carbocycles. The Morgan fingerprint density at radius 1 is 1.33 bits per heavy atom. The molecule has 2 unspecified atom stereocenters. The Labute approximate surface area is 161 Å². The smallest absolute Gasteiger partial charge is 0.410 e. The summed E-state index contributed by atoms with van der Waals surface area (Å²) in [5, 5.41) is 24.8. The number of likely N-dealkylation sites (tertiary alicyclic amines) is 1. The van der Waals surface area contributed by atoms with Crippen molar-refractivity contribution in [2.45, 2.75) is 57.9 Å². The SMILES string of the molecule is CC(C)(C)OC(=O)N1CCCC(NCc2ccc(NCC(O)CO)cc2)C1. The van der Waals surface area contributed by atoms with Crippen LogP contribution in [0.3, 0.4) is 0 Å². The number of nitrogens with one attached hydrogen (secondary N) is 2. The molecule has 7 nitrogen and oxygen atoms in total. The molecule has 1 amide bonds. The first-order chi connectivity index (χ1) is 12.8.